The summed E-state index contributed by atoms with van der Waals surface area (Å²) in [6.07, 6.45) is 1.72. The quantitative estimate of drug-likeness (QED) is 0.782. The van der Waals surface area contributed by atoms with Crippen LogP contribution >= 0.6 is 0 Å². The molecule has 0 unspecified atom stereocenters. The molecule has 1 aromatic carbocycles. The van der Waals surface area contributed by atoms with Crippen LogP contribution < -0.4 is 5.32 Å². The number of anilines is 1. The van der Waals surface area contributed by atoms with E-state index >= 15 is 0 Å². The van der Waals surface area contributed by atoms with Gasteiger partial charge in [-0.2, -0.15) is 5.10 Å². The Kier molecular flexibility index (Phi) is 3.66. The Morgan fingerprint density at radius 3 is 2.60 bits per heavy atom. The maximum absolute atomic E-state index is 13.3. The van der Waals surface area contributed by atoms with Crippen molar-refractivity contribution in [1.29, 1.82) is 0 Å². The Labute approximate surface area is 88.9 Å². The van der Waals surface area contributed by atoms with Crippen LogP contribution in [0.1, 0.15) is 13.8 Å². The van der Waals surface area contributed by atoms with Gasteiger partial charge in [-0.3, -0.25) is 4.68 Å². The molecule has 0 saturated carbocycles. The van der Waals surface area contributed by atoms with Gasteiger partial charge in [-0.05, 0) is 12.1 Å². The summed E-state index contributed by atoms with van der Waals surface area (Å²) in [5, 5.41) is 7.82. The van der Waals surface area contributed by atoms with E-state index in [1.54, 1.807) is 31.0 Å². The van der Waals surface area contributed by atoms with Gasteiger partial charge in [0.1, 0.15) is 5.82 Å². The summed E-state index contributed by atoms with van der Waals surface area (Å²) in [5.74, 6) is -0.251. The molecule has 0 aliphatic carbocycles. The van der Waals surface area contributed by atoms with Crippen molar-refractivity contribution in [3.05, 3.63) is 24.1 Å². The van der Waals surface area contributed by atoms with Crippen LogP contribution in [0, 0.1) is 5.82 Å². The fourth-order valence-electron chi connectivity index (χ4n) is 1.48. The highest BCUT2D eigenvalue weighted by molar-refractivity contribution is 5.90. The highest BCUT2D eigenvalue weighted by atomic mass is 19.1. The third-order valence-corrected chi connectivity index (χ3v) is 2.10. The first-order chi connectivity index (χ1) is 7.24. The molecule has 3 nitrogen and oxygen atoms in total. The number of nitrogens with one attached hydrogen (secondary N) is 1. The van der Waals surface area contributed by atoms with E-state index in [9.17, 15) is 4.39 Å². The molecule has 0 saturated heterocycles. The monoisotopic (exact) mass is 209 g/mol. The van der Waals surface area contributed by atoms with Crippen molar-refractivity contribution in [3.63, 3.8) is 0 Å². The Morgan fingerprint density at radius 2 is 2.00 bits per heavy atom. The predicted octanol–water partition coefficient (Wildman–Crippen LogP) is 2.78. The maximum atomic E-state index is 13.3. The van der Waals surface area contributed by atoms with Crippen molar-refractivity contribution in [3.8, 4) is 0 Å². The summed E-state index contributed by atoms with van der Waals surface area (Å²) in [5.41, 5.74) is 1.29. The lowest BCUT2D eigenvalue weighted by molar-refractivity contribution is 0.631. The second-order valence-corrected chi connectivity index (χ2v) is 2.88. The lowest BCUT2D eigenvalue weighted by Crippen LogP contribution is -1.98. The first-order valence-corrected chi connectivity index (χ1v) is 5.02. The molecular formula is C11H16FN3. The van der Waals surface area contributed by atoms with E-state index in [2.05, 4.69) is 10.4 Å². The van der Waals surface area contributed by atoms with Crippen LogP contribution in [-0.4, -0.2) is 16.8 Å². The highest BCUT2D eigenvalue weighted by Crippen LogP contribution is 2.25. The topological polar surface area (TPSA) is 29.9 Å². The number of aryl methyl sites for hydroxylation is 1. The largest absolute Gasteiger partial charge is 0.384 e. The van der Waals surface area contributed by atoms with Crippen molar-refractivity contribution in [2.75, 3.05) is 12.4 Å². The number of rotatable bonds is 1. The smallest absolute Gasteiger partial charge is 0.148 e. The molecule has 0 amide bonds. The van der Waals surface area contributed by atoms with Crippen molar-refractivity contribution >= 4 is 16.6 Å². The van der Waals surface area contributed by atoms with E-state index in [1.165, 1.54) is 6.07 Å². The Balaban J connectivity index is 0.000000531. The minimum absolute atomic E-state index is 0.251. The summed E-state index contributed by atoms with van der Waals surface area (Å²) in [6.45, 7) is 4.00. The SMILES string of the molecule is CC.CNc1c(F)ccc2cnn(C)c12. The van der Waals surface area contributed by atoms with Crippen LogP contribution in [0.2, 0.25) is 0 Å². The second kappa shape index (κ2) is 4.77. The first-order valence-electron chi connectivity index (χ1n) is 5.02. The molecule has 2 rings (SSSR count). The van der Waals surface area contributed by atoms with Gasteiger partial charge in [-0.1, -0.05) is 13.8 Å². The van der Waals surface area contributed by atoms with Gasteiger partial charge in [0.25, 0.3) is 0 Å². The van der Waals surface area contributed by atoms with E-state index in [1.807, 2.05) is 13.8 Å². The van der Waals surface area contributed by atoms with Gasteiger partial charge in [0, 0.05) is 19.5 Å². The molecular weight excluding hydrogens is 193 g/mol. The molecule has 0 bridgehead atoms. The molecule has 15 heavy (non-hydrogen) atoms. The predicted molar refractivity (Wildman–Crippen MR) is 61.6 cm³/mol. The standard InChI is InChI=1S/C9H10FN3.C2H6/c1-11-8-7(10)4-3-6-5-12-13(2)9(6)8;1-2/h3-5,11H,1-2H3;1-2H3. The van der Waals surface area contributed by atoms with Crippen LogP contribution in [-0.2, 0) is 7.05 Å². The van der Waals surface area contributed by atoms with Crippen molar-refractivity contribution in [1.82, 2.24) is 9.78 Å². The third-order valence-electron chi connectivity index (χ3n) is 2.10. The van der Waals surface area contributed by atoms with E-state index in [0.717, 1.165) is 10.9 Å². The molecule has 0 spiro atoms. The van der Waals surface area contributed by atoms with Gasteiger partial charge in [0.15, 0.2) is 0 Å². The van der Waals surface area contributed by atoms with Gasteiger partial charge >= 0.3 is 0 Å². The van der Waals surface area contributed by atoms with E-state index in [0.29, 0.717) is 5.69 Å². The fourth-order valence-corrected chi connectivity index (χ4v) is 1.48. The van der Waals surface area contributed by atoms with Gasteiger partial charge in [0.05, 0.1) is 17.4 Å². The molecule has 1 aromatic heterocycles. The van der Waals surface area contributed by atoms with Crippen LogP contribution in [0.4, 0.5) is 10.1 Å². The van der Waals surface area contributed by atoms with Crippen LogP contribution in [0.25, 0.3) is 10.9 Å². The van der Waals surface area contributed by atoms with Crippen LogP contribution in [0.5, 0.6) is 0 Å². The summed E-state index contributed by atoms with van der Waals surface area (Å²) in [7, 11) is 3.49. The summed E-state index contributed by atoms with van der Waals surface area (Å²) in [4.78, 5) is 0. The minimum atomic E-state index is -0.251. The van der Waals surface area contributed by atoms with E-state index in [-0.39, 0.29) is 5.82 Å². The Bertz CT molecular complexity index is 448. The normalized spacial score (nSPS) is 9.67. The lowest BCUT2D eigenvalue weighted by Gasteiger charge is -2.04. The van der Waals surface area contributed by atoms with Crippen LogP contribution in [0.3, 0.4) is 0 Å². The van der Waals surface area contributed by atoms with E-state index < -0.39 is 0 Å². The number of hydrogen-bond acceptors (Lipinski definition) is 2. The summed E-state index contributed by atoms with van der Waals surface area (Å²) >= 11 is 0. The Morgan fingerprint density at radius 1 is 1.33 bits per heavy atom. The van der Waals surface area contributed by atoms with Crippen molar-refractivity contribution in [2.24, 2.45) is 7.05 Å². The molecule has 1 heterocycles. The zero-order chi connectivity index (χ0) is 11.4. The minimum Gasteiger partial charge on any atom is -0.384 e. The Hall–Kier alpha value is -1.58. The maximum Gasteiger partial charge on any atom is 0.148 e. The van der Waals surface area contributed by atoms with Gasteiger partial charge in [0.2, 0.25) is 0 Å². The zero-order valence-corrected chi connectivity index (χ0v) is 9.50. The molecule has 0 aliphatic rings. The number of fused-ring (bicyclic) bond motifs is 1. The number of hydrogen-bond donors (Lipinski definition) is 1. The molecule has 0 atom stereocenters. The molecule has 4 heteroatoms. The average molecular weight is 209 g/mol. The van der Waals surface area contributed by atoms with Crippen molar-refractivity contribution < 1.29 is 4.39 Å². The first kappa shape index (κ1) is 11.5. The van der Waals surface area contributed by atoms with Gasteiger partial charge < -0.3 is 5.32 Å². The van der Waals surface area contributed by atoms with E-state index in [4.69, 9.17) is 0 Å². The van der Waals surface area contributed by atoms with Crippen LogP contribution in [0.15, 0.2) is 18.3 Å². The summed E-state index contributed by atoms with van der Waals surface area (Å²) in [6, 6.07) is 3.16. The third kappa shape index (κ3) is 1.93. The zero-order valence-electron chi connectivity index (χ0n) is 9.50. The molecule has 2 aromatic rings. The lowest BCUT2D eigenvalue weighted by atomic mass is 10.2. The number of benzene rings is 1. The molecule has 0 radical (unpaired) electrons. The number of nitrogens with zero attached hydrogens (tertiary/aromatic N) is 2. The van der Waals surface area contributed by atoms with Gasteiger partial charge in [-0.25, -0.2) is 4.39 Å². The fraction of sp³-hybridized carbons (Fsp3) is 0.364. The second-order valence-electron chi connectivity index (χ2n) is 2.88. The molecule has 0 fully saturated rings. The number of aromatic nitrogens is 2. The molecule has 82 valence electrons. The molecule has 0 aliphatic heterocycles. The highest BCUT2D eigenvalue weighted by Gasteiger charge is 2.08. The van der Waals surface area contributed by atoms with Crippen molar-refractivity contribution in [2.45, 2.75) is 13.8 Å². The summed E-state index contributed by atoms with van der Waals surface area (Å²) < 4.78 is 14.9. The molecule has 1 N–H and O–H groups in total. The van der Waals surface area contributed by atoms with Gasteiger partial charge in [-0.15, -0.1) is 0 Å². The number of halogens is 1. The average Bonchev–Trinajstić information content (AvgIpc) is 2.64.